The summed E-state index contributed by atoms with van der Waals surface area (Å²) in [7, 11) is 0. The Labute approximate surface area is 33.4 Å². The third-order valence-corrected chi connectivity index (χ3v) is 0. The van der Waals surface area contributed by atoms with Crippen LogP contribution in [0.3, 0.4) is 0 Å². The molecule has 0 saturated carbocycles. The van der Waals surface area contributed by atoms with Gasteiger partial charge in [0.15, 0.2) is 0 Å². The Morgan fingerprint density at radius 1 is 2.75 bits per heavy atom. The predicted octanol–water partition coefficient (Wildman–Crippen LogP) is 0.387. The molecule has 1 nitrogen and oxygen atoms in total. The molecule has 0 rings (SSSR count). The molecule has 0 aromatic rings. The van der Waals surface area contributed by atoms with Gasteiger partial charge < -0.3 is 5.11 Å². The fourth-order valence-electron chi connectivity index (χ4n) is 0. The second-order valence-electron chi connectivity index (χ2n) is 0.556. The Balaban J connectivity index is 4.14. The first-order chi connectivity index (χ1) is 3.81. The van der Waals surface area contributed by atoms with Gasteiger partial charge in [-0.3, -0.25) is 0 Å². The summed E-state index contributed by atoms with van der Waals surface area (Å²) >= 11 is 0. The highest BCUT2D eigenvalue weighted by Crippen LogP contribution is 1.65. The zero-order chi connectivity index (χ0) is 7.71. The van der Waals surface area contributed by atoms with Gasteiger partial charge in [0.2, 0.25) is 1.43 Å². The zero-order valence-electron chi connectivity index (χ0n) is 7.41. The summed E-state index contributed by atoms with van der Waals surface area (Å²) in [6.45, 7) is -1.53. The molecule has 0 radical (unpaired) electrons. The smallest absolute Gasteiger partial charge is 0.210 e. The van der Waals surface area contributed by atoms with Crippen molar-refractivity contribution in [1.29, 1.82) is 1.43 Å². The van der Waals surface area contributed by atoms with Gasteiger partial charge in [-0.25, -0.2) is 0 Å². The second kappa shape index (κ2) is 1.30. The van der Waals surface area contributed by atoms with Gasteiger partial charge in [0.1, 0.15) is 0 Å². The molecule has 0 bridgehead atoms. The van der Waals surface area contributed by atoms with Gasteiger partial charge in [0.05, 0.1) is 1.37 Å². The summed E-state index contributed by atoms with van der Waals surface area (Å²) in [5, 5.41) is 3.66. The molecule has 1 heteroatoms. The Hall–Kier alpha value is -0.0400. The highest BCUT2D eigenvalue weighted by Gasteiger charge is 1.69. The number of rotatable bonds is 1. The van der Waals surface area contributed by atoms with Crippen LogP contribution in [0.25, 0.3) is 0 Å². The Kier molecular flexibility index (Phi) is 0.178. The molecule has 0 aromatic heterocycles. The normalized spacial score (nSPS) is 44.8. The van der Waals surface area contributed by atoms with E-state index in [1.54, 1.807) is 0 Å². The van der Waals surface area contributed by atoms with Crippen molar-refractivity contribution in [3.05, 3.63) is 0 Å². The summed E-state index contributed by atoms with van der Waals surface area (Å²) < 4.78 is 33.0. The maximum absolute atomic E-state index is 6.85. The molecular weight excluding hydrogens is 52.0 g/mol. The van der Waals surface area contributed by atoms with Crippen LogP contribution in [0.5, 0.6) is 0 Å². The minimum absolute atomic E-state index is 1.02. The van der Waals surface area contributed by atoms with Crippen molar-refractivity contribution < 1.29 is 10.6 Å². The highest BCUT2D eigenvalue weighted by atomic mass is 16.3. The molecule has 0 saturated heterocycles. The molecule has 0 aliphatic rings. The third kappa shape index (κ3) is 1130. The molecule has 0 amide bonds. The quantitative estimate of drug-likeness (QED) is 0.468. The van der Waals surface area contributed by atoms with Crippen molar-refractivity contribution in [3.8, 4) is 0 Å². The van der Waals surface area contributed by atoms with Crippen LogP contribution in [0, 0.1) is 0 Å². The molecule has 0 fully saturated rings. The molecule has 4 heavy (non-hydrogen) atoms. The van der Waals surface area contributed by atoms with Gasteiger partial charge in [-0.05, 0) is 13.8 Å². The van der Waals surface area contributed by atoms with Crippen molar-refractivity contribution in [2.75, 3.05) is 0 Å². The SMILES string of the molecule is [2H]OC([2H])(C)C([2H])([2H])[2H]. The first-order valence-corrected chi connectivity index (χ1v) is 0.954. The lowest BCUT2D eigenvalue weighted by Crippen LogP contribution is -1.85. The van der Waals surface area contributed by atoms with E-state index in [1.807, 2.05) is 0 Å². The first-order valence-electron chi connectivity index (χ1n) is 3.36. The largest absolute Gasteiger partial charge is 0.394 e. The summed E-state index contributed by atoms with van der Waals surface area (Å²) in [6.07, 6.45) is -2.10. The van der Waals surface area contributed by atoms with Crippen molar-refractivity contribution in [2.45, 2.75) is 19.9 Å². The first kappa shape index (κ1) is 0.548. The Morgan fingerprint density at radius 3 is 3.50 bits per heavy atom. The van der Waals surface area contributed by atoms with E-state index in [0.29, 0.717) is 0 Å². The van der Waals surface area contributed by atoms with Gasteiger partial charge in [-0.15, -0.1) is 0 Å². The minimum Gasteiger partial charge on any atom is -0.394 e. The Morgan fingerprint density at radius 2 is 3.50 bits per heavy atom. The van der Waals surface area contributed by atoms with Crippen LogP contribution in [0.2, 0.25) is 0 Å². The van der Waals surface area contributed by atoms with Crippen LogP contribution in [-0.4, -0.2) is 12.6 Å². The maximum Gasteiger partial charge on any atom is 0.210 e. The maximum atomic E-state index is 6.85. The van der Waals surface area contributed by atoms with E-state index in [4.69, 9.17) is 6.91 Å². The molecule has 1 unspecified atom stereocenters. The van der Waals surface area contributed by atoms with Crippen LogP contribution in [-0.2, 0) is 0 Å². The number of hydrogen-bond donors (Lipinski definition) is 1. The van der Waals surface area contributed by atoms with Crippen LogP contribution < -0.4 is 0 Å². The van der Waals surface area contributed by atoms with E-state index >= 15 is 0 Å². The molecular formula is C3H8O. The lowest BCUT2D eigenvalue weighted by atomic mass is 10.5. The van der Waals surface area contributed by atoms with Crippen molar-refractivity contribution in [2.24, 2.45) is 0 Å². The zero-order valence-corrected chi connectivity index (χ0v) is 2.41. The average Bonchev–Trinajstić information content (AvgIpc) is 1.64. The molecule has 26 valence electrons. The molecule has 0 aliphatic heterocycles. The monoisotopic (exact) mass is 65.1 g/mol. The highest BCUT2D eigenvalue weighted by molar-refractivity contribution is 4.20. The van der Waals surface area contributed by atoms with E-state index in [-0.39, 0.29) is 0 Å². The van der Waals surface area contributed by atoms with Gasteiger partial charge in [0.25, 0.3) is 0 Å². The van der Waals surface area contributed by atoms with Crippen molar-refractivity contribution >= 4 is 0 Å². The third-order valence-electron chi connectivity index (χ3n) is 0. The van der Waals surface area contributed by atoms with E-state index in [1.165, 1.54) is 0 Å². The lowest BCUT2D eigenvalue weighted by Gasteiger charge is -1.80. The van der Waals surface area contributed by atoms with Crippen LogP contribution >= 0.6 is 0 Å². The van der Waals surface area contributed by atoms with Gasteiger partial charge in [-0.2, -0.15) is 0 Å². The van der Waals surface area contributed by atoms with E-state index in [9.17, 15) is 0 Å². The summed E-state index contributed by atoms with van der Waals surface area (Å²) in [5.74, 6) is 0. The second-order valence-corrected chi connectivity index (χ2v) is 0.556. The van der Waals surface area contributed by atoms with Gasteiger partial charge >= 0.3 is 0 Å². The summed E-state index contributed by atoms with van der Waals surface area (Å²) in [4.78, 5) is 0. The molecule has 0 aliphatic carbocycles. The van der Waals surface area contributed by atoms with Crippen LogP contribution in [0.15, 0.2) is 0 Å². The van der Waals surface area contributed by atoms with Gasteiger partial charge in [0, 0.05) is 10.2 Å². The molecule has 0 aromatic carbocycles. The fraction of sp³-hybridized carbons (Fsp3) is 1.00. The minimum atomic E-state index is -2.55. The summed E-state index contributed by atoms with van der Waals surface area (Å²) in [5.41, 5.74) is 0. The van der Waals surface area contributed by atoms with Crippen LogP contribution in [0.1, 0.15) is 19.3 Å². The Bertz CT molecular complexity index is 94.9. The van der Waals surface area contributed by atoms with Gasteiger partial charge in [-0.1, -0.05) is 0 Å². The van der Waals surface area contributed by atoms with E-state index in [2.05, 4.69) is 5.11 Å². The average molecular weight is 65.1 g/mol. The number of hydrogen-bond acceptors (Lipinski definition) is 1. The molecule has 1 atom stereocenters. The van der Waals surface area contributed by atoms with Crippen LogP contribution in [0.4, 0.5) is 0 Å². The number of aliphatic hydroxyl groups is 1. The van der Waals surface area contributed by atoms with E-state index < -0.39 is 12.9 Å². The topological polar surface area (TPSA) is 20.2 Å². The summed E-state index contributed by atoms with van der Waals surface area (Å²) in [6, 6.07) is 0. The molecule has 0 spiro atoms. The fourth-order valence-corrected chi connectivity index (χ4v) is 0. The molecule has 1 N–H and O–H groups in total. The standard InChI is InChI=1S/C3H8O/c1-3(2)4/h3-4H,1-2H3/i1D3,3D,4D. The van der Waals surface area contributed by atoms with E-state index in [0.717, 1.165) is 6.92 Å². The lowest BCUT2D eigenvalue weighted by molar-refractivity contribution is 0.216. The predicted molar refractivity (Wildman–Crippen MR) is 17.4 cm³/mol. The molecule has 0 heterocycles. The van der Waals surface area contributed by atoms with Crippen molar-refractivity contribution in [3.63, 3.8) is 0 Å². The van der Waals surface area contributed by atoms with Crippen molar-refractivity contribution in [1.82, 2.24) is 0 Å².